The number of pyridine rings is 3. The highest BCUT2D eigenvalue weighted by Gasteiger charge is 2.10. The average molecular weight is 365 g/mol. The summed E-state index contributed by atoms with van der Waals surface area (Å²) < 4.78 is 27.6. The number of anilines is 1. The molecule has 0 radical (unpaired) electrons. The van der Waals surface area contributed by atoms with Gasteiger partial charge in [-0.3, -0.25) is 4.98 Å². The van der Waals surface area contributed by atoms with Gasteiger partial charge in [0, 0.05) is 43.1 Å². The molecule has 4 aromatic rings. The zero-order valence-electron chi connectivity index (χ0n) is 14.6. The third kappa shape index (κ3) is 3.76. The topological polar surface area (TPSA) is 66.5 Å². The van der Waals surface area contributed by atoms with E-state index in [-0.39, 0.29) is 12.4 Å². The molecule has 5 nitrogen and oxygen atoms in total. The molecule has 0 aliphatic carbocycles. The van der Waals surface area contributed by atoms with Crippen LogP contribution in [0.5, 0.6) is 0 Å². The lowest BCUT2D eigenvalue weighted by Crippen LogP contribution is -2.05. The minimum absolute atomic E-state index is 0.124. The van der Waals surface area contributed by atoms with Gasteiger partial charge in [-0.05, 0) is 47.4 Å². The van der Waals surface area contributed by atoms with E-state index >= 15 is 0 Å². The Labute approximate surface area is 154 Å². The number of halogens is 2. The van der Waals surface area contributed by atoms with Gasteiger partial charge in [0.15, 0.2) is 11.6 Å². The first-order valence-corrected chi connectivity index (χ1v) is 8.49. The maximum Gasteiger partial charge on any atom is 0.165 e. The molecule has 0 spiro atoms. The number of aromatic amines is 1. The summed E-state index contributed by atoms with van der Waals surface area (Å²) >= 11 is 0. The Bertz CT molecular complexity index is 1110. The lowest BCUT2D eigenvalue weighted by atomic mass is 10.1. The third-order valence-electron chi connectivity index (χ3n) is 4.27. The molecule has 0 fully saturated rings. The lowest BCUT2D eigenvalue weighted by Gasteiger charge is -2.08. The van der Waals surface area contributed by atoms with Crippen LogP contribution >= 0.6 is 0 Å². The van der Waals surface area contributed by atoms with Crippen molar-refractivity contribution in [3.05, 3.63) is 83.1 Å². The second kappa shape index (κ2) is 7.11. The van der Waals surface area contributed by atoms with Crippen molar-refractivity contribution in [2.45, 2.75) is 19.9 Å². The first kappa shape index (κ1) is 17.1. The van der Waals surface area contributed by atoms with Crippen LogP contribution in [-0.2, 0) is 13.0 Å². The number of rotatable bonds is 5. The maximum absolute atomic E-state index is 14.4. The van der Waals surface area contributed by atoms with Crippen molar-refractivity contribution in [2.24, 2.45) is 0 Å². The Morgan fingerprint density at radius 1 is 1.00 bits per heavy atom. The Kier molecular flexibility index (Phi) is 4.50. The van der Waals surface area contributed by atoms with Crippen LogP contribution in [-0.4, -0.2) is 19.9 Å². The van der Waals surface area contributed by atoms with Crippen LogP contribution in [0, 0.1) is 18.6 Å². The number of hydrogen-bond donors (Lipinski definition) is 2. The van der Waals surface area contributed by atoms with E-state index in [1.165, 1.54) is 18.3 Å². The maximum atomic E-state index is 14.4. The van der Waals surface area contributed by atoms with Crippen LogP contribution < -0.4 is 5.32 Å². The predicted octanol–water partition coefficient (Wildman–Crippen LogP) is 4.14. The van der Waals surface area contributed by atoms with Crippen molar-refractivity contribution in [1.29, 1.82) is 0 Å². The quantitative estimate of drug-likeness (QED) is 0.558. The first-order valence-electron chi connectivity index (χ1n) is 8.49. The molecule has 0 saturated carbocycles. The van der Waals surface area contributed by atoms with E-state index in [1.807, 2.05) is 13.1 Å². The largest absolute Gasteiger partial charge is 0.364 e. The number of nitrogens with zero attached hydrogens (tertiary/aromatic N) is 3. The summed E-state index contributed by atoms with van der Waals surface area (Å²) in [6.45, 7) is 2.22. The molecule has 0 aromatic carbocycles. The average Bonchev–Trinajstić information content (AvgIpc) is 3.03. The number of hydrogen-bond acceptors (Lipinski definition) is 4. The van der Waals surface area contributed by atoms with Gasteiger partial charge in [0.1, 0.15) is 11.5 Å². The smallest absolute Gasteiger partial charge is 0.165 e. The van der Waals surface area contributed by atoms with Crippen LogP contribution in [0.25, 0.3) is 11.0 Å². The molecule has 0 bridgehead atoms. The van der Waals surface area contributed by atoms with Crippen molar-refractivity contribution in [3.63, 3.8) is 0 Å². The van der Waals surface area contributed by atoms with E-state index < -0.39 is 11.6 Å². The van der Waals surface area contributed by atoms with Crippen LogP contribution in [0.2, 0.25) is 0 Å². The molecule has 4 rings (SSSR count). The van der Waals surface area contributed by atoms with Crippen molar-refractivity contribution < 1.29 is 8.78 Å². The fourth-order valence-electron chi connectivity index (χ4n) is 2.97. The summed E-state index contributed by atoms with van der Waals surface area (Å²) in [5, 5.41) is 3.89. The van der Waals surface area contributed by atoms with E-state index in [0.29, 0.717) is 12.0 Å². The van der Waals surface area contributed by atoms with Crippen molar-refractivity contribution in [2.75, 3.05) is 5.32 Å². The van der Waals surface area contributed by atoms with Crippen LogP contribution in [0.1, 0.15) is 22.3 Å². The lowest BCUT2D eigenvalue weighted by molar-refractivity contribution is 0.617. The zero-order chi connectivity index (χ0) is 18.8. The van der Waals surface area contributed by atoms with Crippen molar-refractivity contribution in [1.82, 2.24) is 19.9 Å². The van der Waals surface area contributed by atoms with Crippen LogP contribution in [0.3, 0.4) is 0 Å². The molecule has 4 heterocycles. The molecular formula is C20H17F2N5. The van der Waals surface area contributed by atoms with E-state index in [4.69, 9.17) is 0 Å². The van der Waals surface area contributed by atoms with Crippen LogP contribution in [0.4, 0.5) is 14.6 Å². The standard InChI is InChI=1S/C20H17F2N5/c1-12-2-17-15(10-27-19(17)24-6-12)3-13-5-18(22)20(25-8-13)26-9-14-4-16(21)11-23-7-14/h2,4-8,10-11H,3,9H2,1H3,(H,24,27)(H,25,26). The minimum atomic E-state index is -0.453. The number of nitrogens with one attached hydrogen (secondary N) is 2. The molecule has 4 aromatic heterocycles. The second-order valence-corrected chi connectivity index (χ2v) is 6.44. The molecule has 0 atom stereocenters. The first-order chi connectivity index (χ1) is 13.1. The summed E-state index contributed by atoms with van der Waals surface area (Å²) in [6, 6.07) is 4.86. The van der Waals surface area contributed by atoms with Gasteiger partial charge in [0.05, 0.1) is 6.20 Å². The highest BCUT2D eigenvalue weighted by atomic mass is 19.1. The van der Waals surface area contributed by atoms with Crippen molar-refractivity contribution in [3.8, 4) is 0 Å². The Morgan fingerprint density at radius 2 is 1.89 bits per heavy atom. The van der Waals surface area contributed by atoms with Gasteiger partial charge in [-0.1, -0.05) is 0 Å². The summed E-state index contributed by atoms with van der Waals surface area (Å²) in [5.74, 6) is -0.757. The third-order valence-corrected chi connectivity index (χ3v) is 4.27. The molecule has 0 aliphatic heterocycles. The highest BCUT2D eigenvalue weighted by Crippen LogP contribution is 2.22. The fourth-order valence-corrected chi connectivity index (χ4v) is 2.97. The zero-order valence-corrected chi connectivity index (χ0v) is 14.6. The van der Waals surface area contributed by atoms with E-state index in [9.17, 15) is 8.78 Å². The van der Waals surface area contributed by atoms with Gasteiger partial charge in [-0.25, -0.2) is 18.7 Å². The van der Waals surface area contributed by atoms with Gasteiger partial charge in [0.25, 0.3) is 0 Å². The van der Waals surface area contributed by atoms with Gasteiger partial charge >= 0.3 is 0 Å². The van der Waals surface area contributed by atoms with Gasteiger partial charge in [0.2, 0.25) is 0 Å². The SMILES string of the molecule is Cc1cnc2[nH]cc(Cc3cnc(NCc4cncc(F)c4)c(F)c3)c2c1. The van der Waals surface area contributed by atoms with Gasteiger partial charge in [-0.2, -0.15) is 0 Å². The summed E-state index contributed by atoms with van der Waals surface area (Å²) in [6.07, 6.45) is 8.52. The molecule has 2 N–H and O–H groups in total. The molecule has 27 heavy (non-hydrogen) atoms. The van der Waals surface area contributed by atoms with Crippen molar-refractivity contribution >= 4 is 16.9 Å². The normalized spacial score (nSPS) is 11.1. The molecule has 0 unspecified atom stereocenters. The molecule has 0 aliphatic rings. The van der Waals surface area contributed by atoms with E-state index in [2.05, 4.69) is 31.3 Å². The second-order valence-electron chi connectivity index (χ2n) is 6.44. The van der Waals surface area contributed by atoms with E-state index in [0.717, 1.165) is 33.9 Å². The number of aryl methyl sites for hydroxylation is 1. The Morgan fingerprint density at radius 3 is 2.70 bits per heavy atom. The van der Waals surface area contributed by atoms with Crippen LogP contribution in [0.15, 0.2) is 49.2 Å². The highest BCUT2D eigenvalue weighted by molar-refractivity contribution is 5.80. The molecule has 0 amide bonds. The number of H-pyrrole nitrogens is 1. The van der Waals surface area contributed by atoms with E-state index in [1.54, 1.807) is 12.4 Å². The predicted molar refractivity (Wildman–Crippen MR) is 99.4 cm³/mol. The molecule has 0 saturated heterocycles. The summed E-state index contributed by atoms with van der Waals surface area (Å²) in [5.41, 5.74) is 4.29. The minimum Gasteiger partial charge on any atom is -0.364 e. The number of fused-ring (bicyclic) bond motifs is 1. The molecule has 136 valence electrons. The Hall–Kier alpha value is -3.35. The molecule has 7 heteroatoms. The Balaban J connectivity index is 1.50. The summed E-state index contributed by atoms with van der Waals surface area (Å²) in [4.78, 5) is 15.4. The number of aromatic nitrogens is 4. The molecular weight excluding hydrogens is 348 g/mol. The monoisotopic (exact) mass is 365 g/mol. The fraction of sp³-hybridized carbons (Fsp3) is 0.150. The van der Waals surface area contributed by atoms with Gasteiger partial charge < -0.3 is 10.3 Å². The van der Waals surface area contributed by atoms with Gasteiger partial charge in [-0.15, -0.1) is 0 Å². The summed E-state index contributed by atoms with van der Waals surface area (Å²) in [7, 11) is 0.